The highest BCUT2D eigenvalue weighted by atomic mass is 35.5. The number of thiazole rings is 1. The molecule has 0 aliphatic heterocycles. The van der Waals surface area contributed by atoms with Crippen molar-refractivity contribution in [3.05, 3.63) is 36.2 Å². The number of fused-ring (bicyclic) bond motifs is 1. The van der Waals surface area contributed by atoms with Crippen molar-refractivity contribution in [1.29, 1.82) is 0 Å². The van der Waals surface area contributed by atoms with Gasteiger partial charge < -0.3 is 9.64 Å². The molecule has 0 spiro atoms. The first kappa shape index (κ1) is 23.1. The number of carbonyl (C=O) groups is 1. The van der Waals surface area contributed by atoms with Gasteiger partial charge in [0.05, 0.1) is 16.8 Å². The Labute approximate surface area is 181 Å². The summed E-state index contributed by atoms with van der Waals surface area (Å²) in [4.78, 5) is 21.9. The first-order chi connectivity index (χ1) is 13.4. The van der Waals surface area contributed by atoms with Crippen LogP contribution < -0.4 is 9.64 Å². The molecule has 0 N–H and O–H groups in total. The zero-order valence-electron chi connectivity index (χ0n) is 17.5. The van der Waals surface area contributed by atoms with E-state index in [0.29, 0.717) is 24.0 Å². The van der Waals surface area contributed by atoms with E-state index in [9.17, 15) is 4.79 Å². The lowest BCUT2D eigenvalue weighted by Gasteiger charge is -2.22. The molecule has 158 valence electrons. The first-order valence-corrected chi connectivity index (χ1v) is 10.3. The van der Waals surface area contributed by atoms with Crippen LogP contribution >= 0.6 is 23.7 Å². The van der Waals surface area contributed by atoms with Crippen molar-refractivity contribution in [3.63, 3.8) is 0 Å². The van der Waals surface area contributed by atoms with Gasteiger partial charge in [-0.3, -0.25) is 14.4 Å². The standard InChI is InChI=1S/C20H27N5O2S.ClH/c1-6-27-15-7-8-16-18(13-15)28-20(22-16)24(12-11-23(4)5)19(26)17-9-10-21-25(17)14(2)3;/h7-10,13-14H,6,11-12H2,1-5H3;1H. The predicted octanol–water partition coefficient (Wildman–Crippen LogP) is 4.10. The Balaban J connectivity index is 0.00000300. The highest BCUT2D eigenvalue weighted by Crippen LogP contribution is 2.32. The molecule has 7 nitrogen and oxygen atoms in total. The Morgan fingerprint density at radius 1 is 1.24 bits per heavy atom. The maximum Gasteiger partial charge on any atom is 0.278 e. The van der Waals surface area contributed by atoms with Crippen molar-refractivity contribution < 1.29 is 9.53 Å². The maximum absolute atomic E-state index is 13.4. The van der Waals surface area contributed by atoms with E-state index >= 15 is 0 Å². The Morgan fingerprint density at radius 3 is 2.66 bits per heavy atom. The number of nitrogens with zero attached hydrogens (tertiary/aromatic N) is 5. The Hall–Kier alpha value is -2.16. The average molecular weight is 438 g/mol. The summed E-state index contributed by atoms with van der Waals surface area (Å²) in [5.74, 6) is 0.728. The van der Waals surface area contributed by atoms with Gasteiger partial charge in [-0.05, 0) is 59.1 Å². The van der Waals surface area contributed by atoms with E-state index in [1.54, 1.807) is 21.8 Å². The largest absolute Gasteiger partial charge is 0.494 e. The number of benzene rings is 1. The van der Waals surface area contributed by atoms with E-state index in [1.807, 2.05) is 53.1 Å². The Kier molecular flexibility index (Phi) is 8.01. The molecule has 0 saturated heterocycles. The lowest BCUT2D eigenvalue weighted by atomic mass is 10.3. The molecule has 0 saturated carbocycles. The van der Waals surface area contributed by atoms with Crippen LogP contribution in [0.3, 0.4) is 0 Å². The summed E-state index contributed by atoms with van der Waals surface area (Å²) in [6, 6.07) is 7.70. The fourth-order valence-corrected chi connectivity index (χ4v) is 3.90. The summed E-state index contributed by atoms with van der Waals surface area (Å²) >= 11 is 1.50. The topological polar surface area (TPSA) is 63.5 Å². The molecule has 2 aromatic heterocycles. The first-order valence-electron chi connectivity index (χ1n) is 9.44. The highest BCUT2D eigenvalue weighted by Gasteiger charge is 2.25. The fourth-order valence-electron chi connectivity index (χ4n) is 2.88. The summed E-state index contributed by atoms with van der Waals surface area (Å²) in [5, 5.41) is 5.00. The second-order valence-electron chi connectivity index (χ2n) is 7.07. The molecule has 9 heteroatoms. The minimum Gasteiger partial charge on any atom is -0.494 e. The minimum absolute atomic E-state index is 0. The van der Waals surface area contributed by atoms with Crippen molar-refractivity contribution in [3.8, 4) is 5.75 Å². The lowest BCUT2D eigenvalue weighted by molar-refractivity contribution is 0.0973. The molecule has 0 atom stereocenters. The van der Waals surface area contributed by atoms with Gasteiger partial charge in [-0.1, -0.05) is 11.3 Å². The van der Waals surface area contributed by atoms with Gasteiger partial charge in [-0.25, -0.2) is 4.98 Å². The number of anilines is 1. The molecule has 0 aliphatic rings. The predicted molar refractivity (Wildman–Crippen MR) is 121 cm³/mol. The number of amides is 1. The van der Waals surface area contributed by atoms with Crippen LogP contribution in [0.25, 0.3) is 10.2 Å². The Morgan fingerprint density at radius 2 is 2.00 bits per heavy atom. The normalized spacial score (nSPS) is 11.1. The third-order valence-electron chi connectivity index (χ3n) is 4.29. The van der Waals surface area contributed by atoms with Crippen LogP contribution in [-0.4, -0.2) is 59.4 Å². The van der Waals surface area contributed by atoms with E-state index in [0.717, 1.165) is 22.5 Å². The second kappa shape index (κ2) is 10.0. The van der Waals surface area contributed by atoms with Crippen LogP contribution in [0.5, 0.6) is 5.75 Å². The van der Waals surface area contributed by atoms with Crippen molar-refractivity contribution in [2.75, 3.05) is 38.7 Å². The number of hydrogen-bond acceptors (Lipinski definition) is 6. The van der Waals surface area contributed by atoms with Gasteiger partial charge in [-0.2, -0.15) is 5.10 Å². The van der Waals surface area contributed by atoms with Crippen molar-refractivity contribution in [2.45, 2.75) is 26.8 Å². The third kappa shape index (κ3) is 5.26. The van der Waals surface area contributed by atoms with Crippen LogP contribution in [0, 0.1) is 0 Å². The maximum atomic E-state index is 13.4. The number of ether oxygens (including phenoxy) is 1. The molecule has 0 fully saturated rings. The van der Waals surface area contributed by atoms with Crippen LogP contribution in [0.1, 0.15) is 37.3 Å². The molecule has 29 heavy (non-hydrogen) atoms. The molecule has 0 unspecified atom stereocenters. The van der Waals surface area contributed by atoms with Crippen molar-refractivity contribution in [2.24, 2.45) is 0 Å². The molecule has 1 aromatic carbocycles. The summed E-state index contributed by atoms with van der Waals surface area (Å²) < 4.78 is 8.35. The van der Waals surface area contributed by atoms with Gasteiger partial charge >= 0.3 is 0 Å². The average Bonchev–Trinajstić information content (AvgIpc) is 3.28. The monoisotopic (exact) mass is 437 g/mol. The van der Waals surface area contributed by atoms with Gasteiger partial charge in [0.2, 0.25) is 0 Å². The van der Waals surface area contributed by atoms with Crippen molar-refractivity contribution >= 4 is 45.0 Å². The number of hydrogen-bond donors (Lipinski definition) is 0. The quantitative estimate of drug-likeness (QED) is 0.530. The number of likely N-dealkylation sites (N-methyl/N-ethyl adjacent to an activating group) is 1. The molecule has 1 amide bonds. The van der Waals surface area contributed by atoms with Gasteiger partial charge in [0.25, 0.3) is 5.91 Å². The van der Waals surface area contributed by atoms with E-state index in [2.05, 4.69) is 10.00 Å². The molecule has 2 heterocycles. The molecule has 3 rings (SSSR count). The summed E-state index contributed by atoms with van der Waals surface area (Å²) in [5.41, 5.74) is 1.44. The number of rotatable bonds is 8. The summed E-state index contributed by atoms with van der Waals surface area (Å²) in [6.07, 6.45) is 1.67. The molecular weight excluding hydrogens is 410 g/mol. The van der Waals surface area contributed by atoms with Gasteiger partial charge in [0.15, 0.2) is 5.13 Å². The fraction of sp³-hybridized carbons (Fsp3) is 0.450. The smallest absolute Gasteiger partial charge is 0.278 e. The van der Waals surface area contributed by atoms with Crippen LogP contribution in [0.2, 0.25) is 0 Å². The van der Waals surface area contributed by atoms with E-state index < -0.39 is 0 Å². The summed E-state index contributed by atoms with van der Waals surface area (Å²) in [7, 11) is 3.99. The number of halogens is 1. The second-order valence-corrected chi connectivity index (χ2v) is 8.08. The van der Waals surface area contributed by atoms with Gasteiger partial charge in [-0.15, -0.1) is 12.4 Å². The van der Waals surface area contributed by atoms with Crippen LogP contribution in [-0.2, 0) is 0 Å². The molecule has 0 radical (unpaired) electrons. The third-order valence-corrected chi connectivity index (χ3v) is 5.33. The SMILES string of the molecule is CCOc1ccc2nc(N(CCN(C)C)C(=O)c3ccnn3C(C)C)sc2c1.Cl. The lowest BCUT2D eigenvalue weighted by Crippen LogP contribution is -2.38. The van der Waals surface area contributed by atoms with E-state index in [4.69, 9.17) is 9.72 Å². The molecule has 0 bridgehead atoms. The van der Waals surface area contributed by atoms with E-state index in [1.165, 1.54) is 11.3 Å². The minimum atomic E-state index is -0.0860. The molecular formula is C20H28ClN5O2S. The zero-order chi connectivity index (χ0) is 20.3. The molecule has 0 aliphatic carbocycles. The van der Waals surface area contributed by atoms with Crippen LogP contribution in [0.4, 0.5) is 5.13 Å². The van der Waals surface area contributed by atoms with E-state index in [-0.39, 0.29) is 24.4 Å². The number of carbonyl (C=O) groups excluding carboxylic acids is 1. The summed E-state index contributed by atoms with van der Waals surface area (Å²) in [6.45, 7) is 7.89. The number of aromatic nitrogens is 3. The zero-order valence-corrected chi connectivity index (χ0v) is 19.1. The van der Waals surface area contributed by atoms with Crippen LogP contribution in [0.15, 0.2) is 30.5 Å². The van der Waals surface area contributed by atoms with Gasteiger partial charge in [0, 0.05) is 25.3 Å². The van der Waals surface area contributed by atoms with Gasteiger partial charge in [0.1, 0.15) is 11.4 Å². The van der Waals surface area contributed by atoms with Crippen molar-refractivity contribution in [1.82, 2.24) is 19.7 Å². The highest BCUT2D eigenvalue weighted by molar-refractivity contribution is 7.22. The molecule has 3 aromatic rings. The Bertz CT molecular complexity index is 953.